The van der Waals surface area contributed by atoms with Crippen LogP contribution in [0.5, 0.6) is 0 Å². The van der Waals surface area contributed by atoms with Crippen LogP contribution in [-0.4, -0.2) is 33.9 Å². The van der Waals surface area contributed by atoms with Crippen LogP contribution in [0.1, 0.15) is 24.5 Å². The standard InChI is InChI=1S/C11H16N2O3S/c1-7-12-8(6-17-7)5-13(4)9(14)11(2,3)10(15)16/h6H,5H2,1-4H3,(H,15,16). The quantitative estimate of drug-likeness (QED) is 0.829. The Bertz CT molecular complexity index is 440. The largest absolute Gasteiger partial charge is 0.480 e. The maximum Gasteiger partial charge on any atom is 0.318 e. The van der Waals surface area contributed by atoms with Crippen LogP contribution < -0.4 is 0 Å². The van der Waals surface area contributed by atoms with E-state index in [0.717, 1.165) is 10.7 Å². The second-order valence-electron chi connectivity index (χ2n) is 4.45. The molecule has 0 aliphatic heterocycles. The van der Waals surface area contributed by atoms with E-state index in [1.807, 2.05) is 12.3 Å². The summed E-state index contributed by atoms with van der Waals surface area (Å²) >= 11 is 1.51. The number of carboxylic acid groups (broad SMARTS) is 1. The Labute approximate surface area is 104 Å². The number of carboxylic acids is 1. The van der Waals surface area contributed by atoms with E-state index in [1.54, 1.807) is 7.05 Å². The summed E-state index contributed by atoms with van der Waals surface area (Å²) in [6, 6.07) is 0. The van der Waals surface area contributed by atoms with Gasteiger partial charge in [0.05, 0.1) is 17.2 Å². The molecule has 0 atom stereocenters. The fraction of sp³-hybridized carbons (Fsp3) is 0.545. The van der Waals surface area contributed by atoms with E-state index in [9.17, 15) is 9.59 Å². The molecule has 1 aromatic heterocycles. The number of nitrogens with zero attached hydrogens (tertiary/aromatic N) is 2. The van der Waals surface area contributed by atoms with Gasteiger partial charge >= 0.3 is 5.97 Å². The third-order valence-electron chi connectivity index (χ3n) is 2.48. The Morgan fingerprint density at radius 2 is 2.12 bits per heavy atom. The van der Waals surface area contributed by atoms with Crippen molar-refractivity contribution in [2.45, 2.75) is 27.3 Å². The first-order valence-corrected chi connectivity index (χ1v) is 6.03. The molecular weight excluding hydrogens is 240 g/mol. The SMILES string of the molecule is Cc1nc(CN(C)C(=O)C(C)(C)C(=O)O)cs1. The summed E-state index contributed by atoms with van der Waals surface area (Å²) in [6.45, 7) is 5.03. The average Bonchev–Trinajstić information content (AvgIpc) is 2.62. The van der Waals surface area contributed by atoms with Gasteiger partial charge in [-0.2, -0.15) is 0 Å². The maximum absolute atomic E-state index is 11.9. The summed E-state index contributed by atoms with van der Waals surface area (Å²) in [7, 11) is 1.59. The van der Waals surface area contributed by atoms with Gasteiger partial charge in [-0.1, -0.05) is 0 Å². The molecule has 1 rings (SSSR count). The van der Waals surface area contributed by atoms with Crippen molar-refractivity contribution in [3.63, 3.8) is 0 Å². The van der Waals surface area contributed by atoms with Crippen LogP contribution in [0.25, 0.3) is 0 Å². The van der Waals surface area contributed by atoms with Gasteiger partial charge in [0.1, 0.15) is 5.41 Å². The molecule has 5 nitrogen and oxygen atoms in total. The minimum Gasteiger partial charge on any atom is -0.480 e. The lowest BCUT2D eigenvalue weighted by Gasteiger charge is -2.25. The van der Waals surface area contributed by atoms with E-state index in [1.165, 1.54) is 30.1 Å². The zero-order valence-electron chi connectivity index (χ0n) is 10.4. The minimum absolute atomic E-state index is 0.333. The maximum atomic E-state index is 11.9. The predicted octanol–water partition coefficient (Wildman–Crippen LogP) is 1.52. The number of aromatic nitrogens is 1. The number of amides is 1. The Hall–Kier alpha value is -1.43. The van der Waals surface area contributed by atoms with Crippen molar-refractivity contribution in [2.75, 3.05) is 7.05 Å². The summed E-state index contributed by atoms with van der Waals surface area (Å²) in [5.41, 5.74) is -0.621. The van der Waals surface area contributed by atoms with Gasteiger partial charge in [-0.15, -0.1) is 11.3 Å². The average molecular weight is 256 g/mol. The highest BCUT2D eigenvalue weighted by Gasteiger charge is 2.38. The number of aryl methyl sites for hydroxylation is 1. The van der Waals surface area contributed by atoms with E-state index in [2.05, 4.69) is 4.98 Å². The minimum atomic E-state index is -1.40. The molecule has 17 heavy (non-hydrogen) atoms. The molecule has 94 valence electrons. The molecule has 0 aromatic carbocycles. The molecule has 6 heteroatoms. The summed E-state index contributed by atoms with van der Waals surface area (Å²) in [5.74, 6) is -1.54. The van der Waals surface area contributed by atoms with Gasteiger partial charge in [0.15, 0.2) is 0 Å². The molecule has 1 heterocycles. The lowest BCUT2D eigenvalue weighted by atomic mass is 9.92. The van der Waals surface area contributed by atoms with Crippen LogP contribution >= 0.6 is 11.3 Å². The molecule has 1 amide bonds. The smallest absolute Gasteiger partial charge is 0.318 e. The molecule has 0 unspecified atom stereocenters. The van der Waals surface area contributed by atoms with Crippen molar-refractivity contribution in [1.29, 1.82) is 0 Å². The number of aliphatic carboxylic acids is 1. The highest BCUT2D eigenvalue weighted by atomic mass is 32.1. The first kappa shape index (κ1) is 13.6. The zero-order chi connectivity index (χ0) is 13.2. The molecule has 0 spiro atoms. The summed E-state index contributed by atoms with van der Waals surface area (Å²) < 4.78 is 0. The molecule has 0 radical (unpaired) electrons. The van der Waals surface area contributed by atoms with Crippen LogP contribution in [0, 0.1) is 12.3 Å². The summed E-state index contributed by atoms with van der Waals surface area (Å²) in [5, 5.41) is 11.8. The lowest BCUT2D eigenvalue weighted by molar-refractivity contribution is -0.157. The number of carbonyl (C=O) groups is 2. The van der Waals surface area contributed by atoms with Crippen molar-refractivity contribution in [2.24, 2.45) is 5.41 Å². The monoisotopic (exact) mass is 256 g/mol. The normalized spacial score (nSPS) is 11.3. The third kappa shape index (κ3) is 3.03. The Balaban J connectivity index is 2.74. The Morgan fingerprint density at radius 3 is 2.53 bits per heavy atom. The highest BCUT2D eigenvalue weighted by molar-refractivity contribution is 7.09. The van der Waals surface area contributed by atoms with Gasteiger partial charge in [-0.05, 0) is 20.8 Å². The van der Waals surface area contributed by atoms with Gasteiger partial charge in [0.25, 0.3) is 0 Å². The molecule has 0 fully saturated rings. The van der Waals surface area contributed by atoms with E-state index in [0.29, 0.717) is 6.54 Å². The Morgan fingerprint density at radius 1 is 1.53 bits per heavy atom. The second-order valence-corrected chi connectivity index (χ2v) is 5.51. The molecule has 0 saturated carbocycles. The van der Waals surface area contributed by atoms with Gasteiger partial charge < -0.3 is 10.0 Å². The number of thiazole rings is 1. The van der Waals surface area contributed by atoms with Gasteiger partial charge in [-0.25, -0.2) is 4.98 Å². The molecule has 1 aromatic rings. The van der Waals surface area contributed by atoms with E-state index in [-0.39, 0.29) is 0 Å². The van der Waals surface area contributed by atoms with Crippen LogP contribution in [0.15, 0.2) is 5.38 Å². The number of hydrogen-bond donors (Lipinski definition) is 1. The third-order valence-corrected chi connectivity index (χ3v) is 3.30. The Kier molecular flexibility index (Phi) is 3.87. The van der Waals surface area contributed by atoms with Gasteiger partial charge in [0.2, 0.25) is 5.91 Å². The molecule has 0 aliphatic rings. The summed E-state index contributed by atoms with van der Waals surface area (Å²) in [4.78, 5) is 28.5. The molecule has 0 saturated heterocycles. The molecule has 0 aliphatic carbocycles. The van der Waals surface area contributed by atoms with Gasteiger partial charge in [0, 0.05) is 12.4 Å². The first-order valence-electron chi connectivity index (χ1n) is 5.15. The van der Waals surface area contributed by atoms with Crippen molar-refractivity contribution < 1.29 is 14.7 Å². The predicted molar refractivity (Wildman–Crippen MR) is 64.7 cm³/mol. The number of rotatable bonds is 4. The van der Waals surface area contributed by atoms with Crippen molar-refractivity contribution >= 4 is 23.2 Å². The van der Waals surface area contributed by atoms with Crippen LogP contribution in [0.3, 0.4) is 0 Å². The number of carbonyl (C=O) groups excluding carboxylic acids is 1. The zero-order valence-corrected chi connectivity index (χ0v) is 11.2. The van der Waals surface area contributed by atoms with Crippen LogP contribution in [0.4, 0.5) is 0 Å². The van der Waals surface area contributed by atoms with Crippen molar-refractivity contribution in [1.82, 2.24) is 9.88 Å². The van der Waals surface area contributed by atoms with E-state index >= 15 is 0 Å². The highest BCUT2D eigenvalue weighted by Crippen LogP contribution is 2.20. The number of hydrogen-bond acceptors (Lipinski definition) is 4. The lowest BCUT2D eigenvalue weighted by Crippen LogP contribution is -2.43. The van der Waals surface area contributed by atoms with E-state index in [4.69, 9.17) is 5.11 Å². The topological polar surface area (TPSA) is 70.5 Å². The first-order chi connectivity index (χ1) is 7.75. The molecule has 0 bridgehead atoms. The van der Waals surface area contributed by atoms with E-state index < -0.39 is 17.3 Å². The second kappa shape index (κ2) is 4.83. The van der Waals surface area contributed by atoms with Crippen LogP contribution in [-0.2, 0) is 16.1 Å². The van der Waals surface area contributed by atoms with Crippen molar-refractivity contribution in [3.05, 3.63) is 16.1 Å². The van der Waals surface area contributed by atoms with Crippen molar-refractivity contribution in [3.8, 4) is 0 Å². The summed E-state index contributed by atoms with van der Waals surface area (Å²) in [6.07, 6.45) is 0. The fourth-order valence-corrected chi connectivity index (χ4v) is 1.97. The molecular formula is C11H16N2O3S. The molecule has 1 N–H and O–H groups in total. The van der Waals surface area contributed by atoms with Gasteiger partial charge in [-0.3, -0.25) is 9.59 Å². The fourth-order valence-electron chi connectivity index (χ4n) is 1.36. The van der Waals surface area contributed by atoms with Crippen LogP contribution in [0.2, 0.25) is 0 Å².